The zero-order valence-electron chi connectivity index (χ0n) is 25.4. The van der Waals surface area contributed by atoms with E-state index < -0.39 is 37.6 Å². The van der Waals surface area contributed by atoms with Gasteiger partial charge in [-0.05, 0) is 61.0 Å². The Bertz CT molecular complexity index is 1610. The van der Waals surface area contributed by atoms with Crippen molar-refractivity contribution in [2.45, 2.75) is 62.7 Å². The molecule has 6 rings (SSSR count). The van der Waals surface area contributed by atoms with Crippen LogP contribution in [0.3, 0.4) is 0 Å². The summed E-state index contributed by atoms with van der Waals surface area (Å²) in [7, 11) is -1.82. The van der Waals surface area contributed by atoms with Crippen molar-refractivity contribution < 1.29 is 28.3 Å². The fourth-order valence-electron chi connectivity index (χ4n) is 7.56. The van der Waals surface area contributed by atoms with Crippen LogP contribution in [0.1, 0.15) is 40.4 Å². The first-order chi connectivity index (χ1) is 21.0. The highest BCUT2D eigenvalue weighted by atomic mass is 28.4. The van der Waals surface area contributed by atoms with Gasteiger partial charge in [-0.3, -0.25) is 14.4 Å². The number of carbonyl (C=O) groups excluding carboxylic acids is 3. The van der Waals surface area contributed by atoms with Crippen molar-refractivity contribution in [3.8, 4) is 0 Å². The van der Waals surface area contributed by atoms with E-state index >= 15 is 4.11 Å². The van der Waals surface area contributed by atoms with Crippen molar-refractivity contribution in [3.63, 3.8) is 0 Å². The normalized spacial score (nSPS) is 26.1. The monoisotopic (exact) mass is 615 g/mol. The lowest BCUT2D eigenvalue weighted by Gasteiger charge is -2.37. The van der Waals surface area contributed by atoms with E-state index in [1.807, 2.05) is 37.3 Å². The minimum absolute atomic E-state index is 0.105. The average Bonchev–Trinajstić information content (AvgIpc) is 3.42. The van der Waals surface area contributed by atoms with Gasteiger partial charge in [0.1, 0.15) is 0 Å². The van der Waals surface area contributed by atoms with Crippen molar-refractivity contribution in [2.24, 2.45) is 5.92 Å². The zero-order chi connectivity index (χ0) is 31.4. The van der Waals surface area contributed by atoms with E-state index in [1.54, 1.807) is 67.5 Å². The molecule has 1 fully saturated rings. The number of carbonyl (C=O) groups is 3. The molecule has 0 bridgehead atoms. The SMILES string of the molecule is C[C@H]1[C@H]([Si](C)(C)F)[C@@H](CC(=O)N2Cc3ccccc3C[C@H]2CO)O[C@]12C(=O)N(C)c1ccc(NC(=O)c3ccccc3)cc12. The summed E-state index contributed by atoms with van der Waals surface area (Å²) in [4.78, 5) is 44.1. The van der Waals surface area contributed by atoms with Gasteiger partial charge < -0.3 is 29.1 Å². The van der Waals surface area contributed by atoms with Gasteiger partial charge >= 0.3 is 0 Å². The van der Waals surface area contributed by atoms with E-state index in [0.29, 0.717) is 35.5 Å². The van der Waals surface area contributed by atoms with Crippen LogP contribution in [-0.4, -0.2) is 61.9 Å². The van der Waals surface area contributed by atoms with E-state index in [-0.39, 0.29) is 30.7 Å². The number of fused-ring (bicyclic) bond motifs is 3. The summed E-state index contributed by atoms with van der Waals surface area (Å²) in [5.74, 6) is -1.42. The summed E-state index contributed by atoms with van der Waals surface area (Å²) in [6, 6.07) is 21.5. The molecule has 230 valence electrons. The number of nitrogens with zero attached hydrogens (tertiary/aromatic N) is 2. The van der Waals surface area contributed by atoms with Crippen LogP contribution in [0.25, 0.3) is 0 Å². The molecule has 0 saturated carbocycles. The molecule has 1 spiro atoms. The average molecular weight is 616 g/mol. The number of halogens is 1. The molecule has 10 heteroatoms. The quantitative estimate of drug-likeness (QED) is 0.300. The zero-order valence-corrected chi connectivity index (χ0v) is 26.4. The number of likely N-dealkylation sites (N-methyl/N-ethyl adjacent to an activating group) is 1. The first kappa shape index (κ1) is 30.2. The standard InChI is InChI=1S/C34H38FN3O5Si/c1-21-31(44(3,4)35)29(18-30(40)38-19-24-13-9-8-12-23(24)16-26(38)20-39)43-34(21)27-17-25(14-15-28(27)37(2)33(34)42)36-32(41)22-10-6-5-7-11-22/h5-15,17,21,26,29,31,39H,16,18-20H2,1-4H3,(H,36,41)/t21-,26-,29+,31-,34+/m0/s1. The lowest BCUT2D eigenvalue weighted by Crippen LogP contribution is -2.48. The van der Waals surface area contributed by atoms with Crippen LogP contribution in [-0.2, 0) is 32.9 Å². The molecule has 8 nitrogen and oxygen atoms in total. The van der Waals surface area contributed by atoms with Crippen molar-refractivity contribution in [3.05, 3.63) is 95.1 Å². The van der Waals surface area contributed by atoms with E-state index in [2.05, 4.69) is 5.32 Å². The molecule has 3 aromatic carbocycles. The van der Waals surface area contributed by atoms with Gasteiger partial charge in [0.05, 0.1) is 30.9 Å². The van der Waals surface area contributed by atoms with E-state index in [0.717, 1.165) is 11.1 Å². The molecule has 3 amide bonds. The molecule has 3 aliphatic rings. The summed E-state index contributed by atoms with van der Waals surface area (Å²) in [6.45, 7) is 5.20. The number of hydrogen-bond donors (Lipinski definition) is 2. The molecule has 0 aromatic heterocycles. The maximum Gasteiger partial charge on any atom is 0.264 e. The third kappa shape index (κ3) is 4.94. The summed E-state index contributed by atoms with van der Waals surface area (Å²) in [5.41, 5.74) is 2.12. The van der Waals surface area contributed by atoms with Gasteiger partial charge in [0, 0.05) is 41.9 Å². The summed E-state index contributed by atoms with van der Waals surface area (Å²) >= 11 is 0. The molecular weight excluding hydrogens is 577 g/mol. The number of hydrogen-bond acceptors (Lipinski definition) is 5. The van der Waals surface area contributed by atoms with Gasteiger partial charge in [0.2, 0.25) is 14.3 Å². The van der Waals surface area contributed by atoms with Crippen LogP contribution in [0.5, 0.6) is 0 Å². The Morgan fingerprint density at radius 1 is 1.07 bits per heavy atom. The van der Waals surface area contributed by atoms with Gasteiger partial charge in [0.15, 0.2) is 5.60 Å². The molecule has 3 aliphatic heterocycles. The first-order valence-electron chi connectivity index (χ1n) is 15.1. The Balaban J connectivity index is 1.33. The van der Waals surface area contributed by atoms with Crippen LogP contribution < -0.4 is 10.2 Å². The summed E-state index contributed by atoms with van der Waals surface area (Å²) < 4.78 is 22.9. The van der Waals surface area contributed by atoms with Crippen molar-refractivity contribution >= 4 is 37.5 Å². The number of aliphatic hydroxyl groups excluding tert-OH is 1. The smallest absolute Gasteiger partial charge is 0.264 e. The van der Waals surface area contributed by atoms with Gasteiger partial charge in [0.25, 0.3) is 11.8 Å². The minimum Gasteiger partial charge on any atom is -0.394 e. The highest BCUT2D eigenvalue weighted by Gasteiger charge is 2.66. The number of anilines is 2. The Morgan fingerprint density at radius 3 is 2.43 bits per heavy atom. The third-order valence-electron chi connectivity index (χ3n) is 9.65. The second-order valence-electron chi connectivity index (χ2n) is 12.7. The minimum atomic E-state index is -3.49. The predicted octanol–water partition coefficient (Wildman–Crippen LogP) is 5.03. The van der Waals surface area contributed by atoms with E-state index in [9.17, 15) is 19.5 Å². The Labute approximate surface area is 258 Å². The van der Waals surface area contributed by atoms with Crippen LogP contribution >= 0.6 is 0 Å². The van der Waals surface area contributed by atoms with Crippen molar-refractivity contribution in [1.29, 1.82) is 0 Å². The summed E-state index contributed by atoms with van der Waals surface area (Å²) in [5, 5.41) is 13.1. The van der Waals surface area contributed by atoms with Crippen LogP contribution in [0.15, 0.2) is 72.8 Å². The molecule has 3 heterocycles. The lowest BCUT2D eigenvalue weighted by atomic mass is 9.82. The topological polar surface area (TPSA) is 99.2 Å². The van der Waals surface area contributed by atoms with Crippen LogP contribution in [0.2, 0.25) is 18.6 Å². The number of aliphatic hydroxyl groups is 1. The molecule has 0 radical (unpaired) electrons. The molecule has 0 unspecified atom stereocenters. The van der Waals surface area contributed by atoms with Gasteiger partial charge in [-0.1, -0.05) is 49.4 Å². The maximum absolute atomic E-state index is 16.2. The molecular formula is C34H38FN3O5Si. The Hall–Kier alpha value is -3.86. The number of ether oxygens (including phenoxy) is 1. The van der Waals surface area contributed by atoms with Crippen molar-refractivity contribution in [2.75, 3.05) is 23.9 Å². The Kier molecular flexibility index (Phi) is 7.71. The van der Waals surface area contributed by atoms with Gasteiger partial charge in [-0.2, -0.15) is 0 Å². The van der Waals surface area contributed by atoms with Crippen molar-refractivity contribution in [1.82, 2.24) is 4.90 Å². The molecule has 0 aliphatic carbocycles. The molecule has 44 heavy (non-hydrogen) atoms. The number of rotatable bonds is 6. The second kappa shape index (κ2) is 11.2. The summed E-state index contributed by atoms with van der Waals surface area (Å²) in [6.07, 6.45) is -0.413. The van der Waals surface area contributed by atoms with Crippen LogP contribution in [0, 0.1) is 5.92 Å². The number of nitrogens with one attached hydrogen (secondary N) is 1. The highest BCUT2D eigenvalue weighted by molar-refractivity contribution is 6.72. The Morgan fingerprint density at radius 2 is 1.75 bits per heavy atom. The van der Waals surface area contributed by atoms with E-state index in [1.165, 1.54) is 4.90 Å². The third-order valence-corrected chi connectivity index (χ3v) is 12.1. The molecule has 2 N–H and O–H groups in total. The fourth-order valence-corrected chi connectivity index (χ4v) is 10.0. The van der Waals surface area contributed by atoms with Gasteiger partial charge in [-0.25, -0.2) is 0 Å². The molecule has 1 saturated heterocycles. The highest BCUT2D eigenvalue weighted by Crippen LogP contribution is 2.60. The lowest BCUT2D eigenvalue weighted by molar-refractivity contribution is -0.150. The largest absolute Gasteiger partial charge is 0.394 e. The predicted molar refractivity (Wildman–Crippen MR) is 168 cm³/mol. The van der Waals surface area contributed by atoms with E-state index in [4.69, 9.17) is 4.74 Å². The first-order valence-corrected chi connectivity index (χ1v) is 18.0. The molecule has 3 aromatic rings. The van der Waals surface area contributed by atoms with Crippen LogP contribution in [0.4, 0.5) is 15.5 Å². The van der Waals surface area contributed by atoms with Gasteiger partial charge in [-0.15, -0.1) is 0 Å². The maximum atomic E-state index is 16.2. The fraction of sp³-hybridized carbons (Fsp3) is 0.382. The second-order valence-corrected chi connectivity index (χ2v) is 16.5. The molecule has 5 atom stereocenters. The number of amides is 3. The number of benzene rings is 3.